The minimum Gasteiger partial charge on any atom is -0.493 e. The van der Waals surface area contributed by atoms with Gasteiger partial charge in [0.2, 0.25) is 5.91 Å². The summed E-state index contributed by atoms with van der Waals surface area (Å²) < 4.78 is 51.6. The van der Waals surface area contributed by atoms with Gasteiger partial charge < -0.3 is 35.0 Å². The second-order valence-electron chi connectivity index (χ2n) is 10.3. The molecule has 2 amide bonds. The second kappa shape index (κ2) is 13.6. The third kappa shape index (κ3) is 7.54. The molecule has 228 valence electrons. The van der Waals surface area contributed by atoms with Crippen LogP contribution in [-0.4, -0.2) is 77.1 Å². The summed E-state index contributed by atoms with van der Waals surface area (Å²) in [5.74, 6) is -0.389. The fraction of sp³-hybridized carbons (Fsp3) is 0.448. The van der Waals surface area contributed by atoms with Gasteiger partial charge in [-0.1, -0.05) is 0 Å². The summed E-state index contributed by atoms with van der Waals surface area (Å²) in [7, 11) is 1.42. The van der Waals surface area contributed by atoms with Crippen molar-refractivity contribution < 1.29 is 47.6 Å². The van der Waals surface area contributed by atoms with Crippen molar-refractivity contribution in [2.45, 2.75) is 50.3 Å². The van der Waals surface area contributed by atoms with Crippen LogP contribution >= 0.6 is 22.6 Å². The molecule has 0 radical (unpaired) electrons. The molecule has 0 aliphatic heterocycles. The van der Waals surface area contributed by atoms with Gasteiger partial charge in [-0.2, -0.15) is 13.2 Å². The number of rotatable bonds is 11. The molecule has 2 aliphatic carbocycles. The zero-order chi connectivity index (χ0) is 30.6. The SMILES string of the molecule is COc1cc(CO)cc(I)c1O[C@H]1C=C(C(=O)NCCO)C[C@@H](N(CC2CC2)C(=O)c2ccc(C(F)(F)F)cc2)[C@@H]1O. The molecule has 4 N–H and O–H groups in total. The summed E-state index contributed by atoms with van der Waals surface area (Å²) in [6.45, 7) is -0.304. The molecule has 2 aliphatic rings. The number of alkyl halides is 3. The lowest BCUT2D eigenvalue weighted by molar-refractivity contribution is -0.137. The van der Waals surface area contributed by atoms with Crippen molar-refractivity contribution in [3.63, 3.8) is 0 Å². The van der Waals surface area contributed by atoms with Crippen LogP contribution in [0.25, 0.3) is 0 Å². The molecule has 1 saturated carbocycles. The number of benzene rings is 2. The average Bonchev–Trinajstić information content (AvgIpc) is 3.80. The van der Waals surface area contributed by atoms with Gasteiger partial charge in [0.15, 0.2) is 11.5 Å². The van der Waals surface area contributed by atoms with Crippen LogP contribution < -0.4 is 14.8 Å². The van der Waals surface area contributed by atoms with E-state index < -0.39 is 41.8 Å². The Balaban J connectivity index is 1.70. The summed E-state index contributed by atoms with van der Waals surface area (Å²) in [5.41, 5.74) is -0.0841. The lowest BCUT2D eigenvalue weighted by Crippen LogP contribution is -2.55. The van der Waals surface area contributed by atoms with E-state index in [0.29, 0.717) is 9.13 Å². The number of methoxy groups -OCH3 is 1. The normalized spacial score (nSPS) is 20.5. The molecule has 0 bridgehead atoms. The van der Waals surface area contributed by atoms with E-state index in [9.17, 15) is 38.1 Å². The first-order chi connectivity index (χ1) is 20.0. The van der Waals surface area contributed by atoms with Crippen molar-refractivity contribution in [1.29, 1.82) is 0 Å². The van der Waals surface area contributed by atoms with Gasteiger partial charge in [-0.3, -0.25) is 9.59 Å². The predicted octanol–water partition coefficient (Wildman–Crippen LogP) is 3.28. The van der Waals surface area contributed by atoms with Crippen molar-refractivity contribution >= 4 is 34.4 Å². The highest BCUT2D eigenvalue weighted by Gasteiger charge is 2.43. The molecule has 42 heavy (non-hydrogen) atoms. The number of halogens is 4. The van der Waals surface area contributed by atoms with Crippen molar-refractivity contribution in [1.82, 2.24) is 10.2 Å². The highest BCUT2D eigenvalue weighted by molar-refractivity contribution is 14.1. The van der Waals surface area contributed by atoms with E-state index in [1.54, 1.807) is 12.1 Å². The highest BCUT2D eigenvalue weighted by Crippen LogP contribution is 2.39. The van der Waals surface area contributed by atoms with E-state index in [2.05, 4.69) is 5.32 Å². The van der Waals surface area contributed by atoms with E-state index in [-0.39, 0.29) is 61.3 Å². The fourth-order valence-electron chi connectivity index (χ4n) is 4.81. The molecule has 1 fully saturated rings. The van der Waals surface area contributed by atoms with Crippen molar-refractivity contribution in [2.24, 2.45) is 5.92 Å². The van der Waals surface area contributed by atoms with Gasteiger partial charge in [-0.05, 0) is 89.4 Å². The number of nitrogens with one attached hydrogen (secondary N) is 1. The number of aliphatic hydroxyl groups is 3. The summed E-state index contributed by atoms with van der Waals surface area (Å²) in [6, 6.07) is 6.19. The number of ether oxygens (including phenoxy) is 2. The molecule has 0 aromatic heterocycles. The summed E-state index contributed by atoms with van der Waals surface area (Å²) in [5, 5.41) is 33.0. The molecule has 0 saturated heterocycles. The molecular weight excluding hydrogens is 672 g/mol. The Morgan fingerprint density at radius 1 is 1.14 bits per heavy atom. The van der Waals surface area contributed by atoms with Crippen LogP contribution in [0.1, 0.15) is 40.7 Å². The smallest absolute Gasteiger partial charge is 0.416 e. The largest absolute Gasteiger partial charge is 0.493 e. The number of hydrogen-bond donors (Lipinski definition) is 4. The Morgan fingerprint density at radius 2 is 1.83 bits per heavy atom. The molecule has 0 heterocycles. The van der Waals surface area contributed by atoms with Crippen LogP contribution in [0.5, 0.6) is 11.5 Å². The molecule has 0 unspecified atom stereocenters. The van der Waals surface area contributed by atoms with Crippen LogP contribution in [0.15, 0.2) is 48.0 Å². The zero-order valence-electron chi connectivity index (χ0n) is 22.7. The first-order valence-corrected chi connectivity index (χ1v) is 14.4. The first kappa shape index (κ1) is 32.0. The van der Waals surface area contributed by atoms with Crippen LogP contribution in [-0.2, 0) is 17.6 Å². The number of hydrogen-bond acceptors (Lipinski definition) is 7. The van der Waals surface area contributed by atoms with E-state index in [1.807, 2.05) is 22.6 Å². The van der Waals surface area contributed by atoms with Gasteiger partial charge in [0.25, 0.3) is 5.91 Å². The van der Waals surface area contributed by atoms with E-state index >= 15 is 0 Å². The molecule has 0 spiro atoms. The number of nitrogens with zero attached hydrogens (tertiary/aromatic N) is 1. The Morgan fingerprint density at radius 3 is 2.40 bits per heavy atom. The van der Waals surface area contributed by atoms with Crippen molar-refractivity contribution in [3.05, 3.63) is 68.3 Å². The molecule has 2 aromatic rings. The average molecular weight is 704 g/mol. The standard InChI is InChI=1S/C29H32F3IN2O7/c1-41-24-11-17(15-37)10-21(33)26(24)42-23-13-19(27(39)34-8-9-36)12-22(25(23)38)35(14-16-2-3-16)28(40)18-4-6-20(7-5-18)29(30,31)32/h4-7,10-11,13,16,22-23,25,36-38H,2-3,8-9,12,14-15H2,1H3,(H,34,39)/t22-,23+,25+/m1/s1. The molecular formula is C29H32F3IN2O7. The maximum Gasteiger partial charge on any atom is 0.416 e. The minimum atomic E-state index is -4.56. The Labute approximate surface area is 254 Å². The number of amides is 2. The van der Waals surface area contributed by atoms with E-state index in [4.69, 9.17) is 9.47 Å². The van der Waals surface area contributed by atoms with Gasteiger partial charge in [0, 0.05) is 30.6 Å². The lowest BCUT2D eigenvalue weighted by atomic mass is 9.87. The highest BCUT2D eigenvalue weighted by atomic mass is 127. The Kier molecular flexibility index (Phi) is 10.4. The minimum absolute atomic E-state index is 0.0144. The maximum atomic E-state index is 13.7. The lowest BCUT2D eigenvalue weighted by Gasteiger charge is -2.41. The molecule has 3 atom stereocenters. The van der Waals surface area contributed by atoms with Crippen LogP contribution in [0.3, 0.4) is 0 Å². The maximum absolute atomic E-state index is 13.7. The van der Waals surface area contributed by atoms with Gasteiger partial charge >= 0.3 is 6.18 Å². The number of carbonyl (C=O) groups is 2. The third-order valence-electron chi connectivity index (χ3n) is 7.21. The zero-order valence-corrected chi connectivity index (χ0v) is 24.9. The molecule has 4 rings (SSSR count). The van der Waals surface area contributed by atoms with Crippen LogP contribution in [0, 0.1) is 9.49 Å². The quantitative estimate of drug-likeness (QED) is 0.265. The number of carbonyl (C=O) groups excluding carboxylic acids is 2. The van der Waals surface area contributed by atoms with Gasteiger partial charge in [0.1, 0.15) is 12.2 Å². The topological polar surface area (TPSA) is 129 Å². The van der Waals surface area contributed by atoms with Gasteiger partial charge in [0.05, 0.1) is 35.5 Å². The molecule has 2 aromatic carbocycles. The first-order valence-electron chi connectivity index (χ1n) is 13.4. The number of aliphatic hydroxyl groups excluding tert-OH is 3. The Hall–Kier alpha value is -2.88. The van der Waals surface area contributed by atoms with Crippen LogP contribution in [0.2, 0.25) is 0 Å². The molecule has 13 heteroatoms. The van der Waals surface area contributed by atoms with E-state index in [0.717, 1.165) is 37.1 Å². The van der Waals surface area contributed by atoms with Gasteiger partial charge in [-0.15, -0.1) is 0 Å². The third-order valence-corrected chi connectivity index (χ3v) is 8.01. The summed E-state index contributed by atoms with van der Waals surface area (Å²) >= 11 is 2.00. The fourth-order valence-corrected chi connectivity index (χ4v) is 5.60. The predicted molar refractivity (Wildman–Crippen MR) is 154 cm³/mol. The van der Waals surface area contributed by atoms with E-state index in [1.165, 1.54) is 18.1 Å². The second-order valence-corrected chi connectivity index (χ2v) is 11.4. The monoisotopic (exact) mass is 704 g/mol. The van der Waals surface area contributed by atoms with Crippen molar-refractivity contribution in [3.8, 4) is 11.5 Å². The van der Waals surface area contributed by atoms with Gasteiger partial charge in [-0.25, -0.2) is 0 Å². The van der Waals surface area contributed by atoms with Crippen LogP contribution in [0.4, 0.5) is 13.2 Å². The van der Waals surface area contributed by atoms with Crippen molar-refractivity contribution in [2.75, 3.05) is 26.8 Å². The Bertz CT molecular complexity index is 1320. The molecule has 9 nitrogen and oxygen atoms in total. The summed E-state index contributed by atoms with van der Waals surface area (Å²) in [6.07, 6.45) is -3.89. The summed E-state index contributed by atoms with van der Waals surface area (Å²) in [4.78, 5) is 28.2.